The first kappa shape index (κ1) is 14.1. The van der Waals surface area contributed by atoms with Crippen LogP contribution in [-0.4, -0.2) is 0 Å². The Bertz CT molecular complexity index is 719. The summed E-state index contributed by atoms with van der Waals surface area (Å²) in [5.74, 6) is -0.294. The fourth-order valence-corrected chi connectivity index (χ4v) is 3.46. The molecule has 0 saturated carbocycles. The fraction of sp³-hybridized carbons (Fsp3) is 0.278. The molecule has 106 valence electrons. The van der Waals surface area contributed by atoms with Crippen LogP contribution in [0, 0.1) is 17.1 Å². The largest absolute Gasteiger partial charge is 0.207 e. The van der Waals surface area contributed by atoms with Crippen LogP contribution in [-0.2, 0) is 18.3 Å². The second kappa shape index (κ2) is 5.50. The Balaban J connectivity index is 2.07. The maximum absolute atomic E-state index is 14.0. The van der Waals surface area contributed by atoms with Crippen LogP contribution in [0.4, 0.5) is 4.39 Å². The van der Waals surface area contributed by atoms with E-state index in [0.29, 0.717) is 17.0 Å². The summed E-state index contributed by atoms with van der Waals surface area (Å²) in [5, 5.41) is 10.3. The molecule has 1 aliphatic carbocycles. The van der Waals surface area contributed by atoms with E-state index in [1.807, 2.05) is 18.2 Å². The zero-order valence-corrected chi connectivity index (χ0v) is 12.3. The molecular formula is C18H15ClFN. The molecule has 1 nitrogen and oxygen atoms in total. The van der Waals surface area contributed by atoms with Crippen LogP contribution in [0.25, 0.3) is 0 Å². The minimum absolute atomic E-state index is 0.294. The van der Waals surface area contributed by atoms with Crippen LogP contribution < -0.4 is 0 Å². The number of halogens is 2. The van der Waals surface area contributed by atoms with Gasteiger partial charge in [-0.05, 0) is 60.6 Å². The Morgan fingerprint density at radius 2 is 2.05 bits per heavy atom. The van der Waals surface area contributed by atoms with Crippen molar-refractivity contribution in [3.63, 3.8) is 0 Å². The number of fused-ring (bicyclic) bond motifs is 1. The lowest BCUT2D eigenvalue weighted by atomic mass is 9.68. The Kier molecular flexibility index (Phi) is 3.69. The van der Waals surface area contributed by atoms with Crippen molar-refractivity contribution < 1.29 is 4.39 Å². The van der Waals surface area contributed by atoms with E-state index < -0.39 is 5.41 Å². The molecule has 0 spiro atoms. The number of rotatable bonds is 2. The van der Waals surface area contributed by atoms with Crippen LogP contribution in [0.15, 0.2) is 42.5 Å². The standard InChI is InChI=1S/C18H15ClFN/c19-15-7-8-17(20)14(10-15)11-18(12-21)9-3-5-13-4-1-2-6-16(13)18/h1-2,4,6-8,10H,3,5,9,11H2. The Hall–Kier alpha value is -1.85. The van der Waals surface area contributed by atoms with Gasteiger partial charge in [-0.1, -0.05) is 35.9 Å². The molecule has 0 aromatic heterocycles. The van der Waals surface area contributed by atoms with Crippen molar-refractivity contribution in [3.8, 4) is 6.07 Å². The zero-order chi connectivity index (χ0) is 14.9. The van der Waals surface area contributed by atoms with Crippen molar-refractivity contribution in [1.29, 1.82) is 5.26 Å². The summed E-state index contributed by atoms with van der Waals surface area (Å²) >= 11 is 5.97. The van der Waals surface area contributed by atoms with Crippen LogP contribution in [0.5, 0.6) is 0 Å². The number of hydrogen-bond donors (Lipinski definition) is 0. The molecule has 3 heteroatoms. The van der Waals surface area contributed by atoms with Crippen molar-refractivity contribution in [2.45, 2.75) is 31.1 Å². The molecule has 0 heterocycles. The maximum Gasteiger partial charge on any atom is 0.126 e. The van der Waals surface area contributed by atoms with E-state index in [1.165, 1.54) is 17.7 Å². The first-order valence-electron chi connectivity index (χ1n) is 7.08. The predicted octanol–water partition coefficient (Wildman–Crippen LogP) is 4.82. The lowest BCUT2D eigenvalue weighted by molar-refractivity contribution is 0.441. The molecule has 0 amide bonds. The van der Waals surface area contributed by atoms with Crippen molar-refractivity contribution in [2.24, 2.45) is 0 Å². The summed E-state index contributed by atoms with van der Waals surface area (Å²) in [6, 6.07) is 15.0. The summed E-state index contributed by atoms with van der Waals surface area (Å²) < 4.78 is 14.0. The molecule has 1 aliphatic rings. The molecule has 21 heavy (non-hydrogen) atoms. The Morgan fingerprint density at radius 1 is 1.24 bits per heavy atom. The second-order valence-corrected chi connectivity index (χ2v) is 6.05. The van der Waals surface area contributed by atoms with Gasteiger partial charge in [-0.15, -0.1) is 0 Å². The highest BCUT2D eigenvalue weighted by molar-refractivity contribution is 6.30. The lowest BCUT2D eigenvalue weighted by Crippen LogP contribution is -2.32. The minimum Gasteiger partial charge on any atom is -0.207 e. The number of nitriles is 1. The SMILES string of the molecule is N#CC1(Cc2cc(Cl)ccc2F)CCCc2ccccc21. The van der Waals surface area contributed by atoms with Crippen LogP contribution in [0.2, 0.25) is 5.02 Å². The van der Waals surface area contributed by atoms with Crippen LogP contribution in [0.3, 0.4) is 0 Å². The highest BCUT2D eigenvalue weighted by Gasteiger charge is 2.37. The van der Waals surface area contributed by atoms with E-state index in [1.54, 1.807) is 6.07 Å². The summed E-state index contributed by atoms with van der Waals surface area (Å²) in [7, 11) is 0. The molecule has 1 atom stereocenters. The van der Waals surface area contributed by atoms with Crippen LogP contribution >= 0.6 is 11.6 Å². The van der Waals surface area contributed by atoms with Gasteiger partial charge >= 0.3 is 0 Å². The van der Waals surface area contributed by atoms with Gasteiger partial charge in [-0.2, -0.15) is 5.26 Å². The van der Waals surface area contributed by atoms with Gasteiger partial charge in [0.2, 0.25) is 0 Å². The minimum atomic E-state index is -0.652. The van der Waals surface area contributed by atoms with Gasteiger partial charge in [0.15, 0.2) is 0 Å². The van der Waals surface area contributed by atoms with Gasteiger partial charge in [0.1, 0.15) is 5.82 Å². The molecule has 0 fully saturated rings. The monoisotopic (exact) mass is 299 g/mol. The molecule has 3 rings (SSSR count). The van der Waals surface area contributed by atoms with Crippen molar-refractivity contribution in [3.05, 3.63) is 70.0 Å². The predicted molar refractivity (Wildman–Crippen MR) is 81.8 cm³/mol. The molecule has 0 saturated heterocycles. The summed E-state index contributed by atoms with van der Waals surface area (Å²) in [4.78, 5) is 0. The maximum atomic E-state index is 14.0. The molecule has 0 aliphatic heterocycles. The van der Waals surface area contributed by atoms with Crippen LogP contribution in [0.1, 0.15) is 29.5 Å². The van der Waals surface area contributed by atoms with Crippen molar-refractivity contribution in [2.75, 3.05) is 0 Å². The van der Waals surface area contributed by atoms with Gasteiger partial charge in [-0.25, -0.2) is 4.39 Å². The molecule has 1 unspecified atom stereocenters. The number of nitrogens with zero attached hydrogens (tertiary/aromatic N) is 1. The van der Waals surface area contributed by atoms with Gasteiger partial charge < -0.3 is 0 Å². The smallest absolute Gasteiger partial charge is 0.126 e. The number of aryl methyl sites for hydroxylation is 1. The number of hydrogen-bond acceptors (Lipinski definition) is 1. The third-order valence-corrected chi connectivity index (χ3v) is 4.53. The average molecular weight is 300 g/mol. The topological polar surface area (TPSA) is 23.8 Å². The van der Waals surface area contributed by atoms with Gasteiger partial charge in [-0.3, -0.25) is 0 Å². The van der Waals surface area contributed by atoms with E-state index in [0.717, 1.165) is 24.8 Å². The van der Waals surface area contributed by atoms with Gasteiger partial charge in [0.05, 0.1) is 11.5 Å². The third-order valence-electron chi connectivity index (χ3n) is 4.30. The van der Waals surface area contributed by atoms with E-state index in [-0.39, 0.29) is 5.82 Å². The van der Waals surface area contributed by atoms with E-state index in [4.69, 9.17) is 11.6 Å². The molecule has 0 bridgehead atoms. The van der Waals surface area contributed by atoms with Gasteiger partial charge in [0, 0.05) is 5.02 Å². The Morgan fingerprint density at radius 3 is 2.86 bits per heavy atom. The number of benzene rings is 2. The fourth-order valence-electron chi connectivity index (χ4n) is 3.26. The first-order chi connectivity index (χ1) is 10.1. The third kappa shape index (κ3) is 2.54. The molecular weight excluding hydrogens is 285 g/mol. The first-order valence-corrected chi connectivity index (χ1v) is 7.46. The normalized spacial score (nSPS) is 20.6. The summed E-state index contributed by atoms with van der Waals surface area (Å²) in [5.41, 5.74) is 2.10. The zero-order valence-electron chi connectivity index (χ0n) is 11.6. The quantitative estimate of drug-likeness (QED) is 0.780. The summed E-state index contributed by atoms with van der Waals surface area (Å²) in [6.07, 6.45) is 3.06. The van der Waals surface area contributed by atoms with Gasteiger partial charge in [0.25, 0.3) is 0 Å². The molecule has 0 radical (unpaired) electrons. The average Bonchev–Trinajstić information content (AvgIpc) is 2.51. The second-order valence-electron chi connectivity index (χ2n) is 5.62. The summed E-state index contributed by atoms with van der Waals surface area (Å²) in [6.45, 7) is 0. The molecule has 0 N–H and O–H groups in total. The molecule has 2 aromatic rings. The van der Waals surface area contributed by atoms with E-state index in [9.17, 15) is 9.65 Å². The lowest BCUT2D eigenvalue weighted by Gasteiger charge is -2.33. The van der Waals surface area contributed by atoms with Crippen molar-refractivity contribution in [1.82, 2.24) is 0 Å². The van der Waals surface area contributed by atoms with E-state index >= 15 is 0 Å². The van der Waals surface area contributed by atoms with E-state index in [2.05, 4.69) is 12.1 Å². The highest BCUT2D eigenvalue weighted by atomic mass is 35.5. The highest BCUT2D eigenvalue weighted by Crippen LogP contribution is 2.40. The molecule has 2 aromatic carbocycles. The van der Waals surface area contributed by atoms with Crippen molar-refractivity contribution >= 4 is 11.6 Å². The Labute approximate surface area is 129 Å².